The zero-order valence-electron chi connectivity index (χ0n) is 11.4. The number of hydrogen-bond acceptors (Lipinski definition) is 3. The van der Waals surface area contributed by atoms with Gasteiger partial charge in [0.2, 0.25) is 0 Å². The average Bonchev–Trinajstić information content (AvgIpc) is 3.21. The second-order valence-electron chi connectivity index (χ2n) is 6.18. The summed E-state index contributed by atoms with van der Waals surface area (Å²) in [6.07, 6.45) is 11.6. The van der Waals surface area contributed by atoms with Crippen LogP contribution in [0.15, 0.2) is 0 Å². The summed E-state index contributed by atoms with van der Waals surface area (Å²) in [6.45, 7) is 2.15. The lowest BCUT2D eigenvalue weighted by Crippen LogP contribution is -2.40. The second-order valence-corrected chi connectivity index (χ2v) is 6.50. The van der Waals surface area contributed by atoms with Crippen LogP contribution in [0.5, 0.6) is 0 Å². The van der Waals surface area contributed by atoms with E-state index in [1.165, 1.54) is 57.9 Å². The van der Waals surface area contributed by atoms with E-state index < -0.39 is 0 Å². The standard InChI is InChI=1S/C15H26N2S/c16-10-5-11-17(14-6-7-14)12-15(13-18)8-3-1-2-4-9-15/h14,18H,1-9,11-13H2. The molecule has 0 aromatic rings. The van der Waals surface area contributed by atoms with Gasteiger partial charge in [0.15, 0.2) is 0 Å². The number of thiol groups is 1. The minimum Gasteiger partial charge on any atom is -0.299 e. The molecule has 0 unspecified atom stereocenters. The van der Waals surface area contributed by atoms with Crippen molar-refractivity contribution in [2.45, 2.75) is 63.8 Å². The van der Waals surface area contributed by atoms with E-state index in [0.717, 1.165) is 18.3 Å². The maximum atomic E-state index is 8.80. The molecule has 0 atom stereocenters. The van der Waals surface area contributed by atoms with E-state index in [1.807, 2.05) is 0 Å². The van der Waals surface area contributed by atoms with Crippen molar-refractivity contribution in [2.24, 2.45) is 5.41 Å². The van der Waals surface area contributed by atoms with Gasteiger partial charge in [-0.25, -0.2) is 0 Å². The molecule has 0 radical (unpaired) electrons. The molecule has 0 aromatic heterocycles. The van der Waals surface area contributed by atoms with Crippen LogP contribution in [-0.2, 0) is 0 Å². The van der Waals surface area contributed by atoms with E-state index in [0.29, 0.717) is 11.8 Å². The summed E-state index contributed by atoms with van der Waals surface area (Å²) >= 11 is 4.66. The molecule has 0 bridgehead atoms. The normalized spacial score (nSPS) is 23.6. The van der Waals surface area contributed by atoms with Crippen LogP contribution < -0.4 is 0 Å². The Balaban J connectivity index is 1.95. The van der Waals surface area contributed by atoms with Crippen LogP contribution in [0.2, 0.25) is 0 Å². The summed E-state index contributed by atoms with van der Waals surface area (Å²) in [6, 6.07) is 3.08. The van der Waals surface area contributed by atoms with Crippen LogP contribution in [-0.4, -0.2) is 29.8 Å². The van der Waals surface area contributed by atoms with E-state index in [-0.39, 0.29) is 0 Å². The van der Waals surface area contributed by atoms with Gasteiger partial charge < -0.3 is 0 Å². The highest BCUT2D eigenvalue weighted by Gasteiger charge is 2.36. The van der Waals surface area contributed by atoms with Gasteiger partial charge in [-0.1, -0.05) is 25.7 Å². The lowest BCUT2D eigenvalue weighted by Gasteiger charge is -2.37. The summed E-state index contributed by atoms with van der Waals surface area (Å²) in [4.78, 5) is 2.59. The molecule has 18 heavy (non-hydrogen) atoms. The maximum Gasteiger partial charge on any atom is 0.0635 e. The Hall–Kier alpha value is -0.200. The molecule has 0 aliphatic heterocycles. The van der Waals surface area contributed by atoms with Crippen LogP contribution in [0.4, 0.5) is 0 Å². The van der Waals surface area contributed by atoms with Crippen molar-refractivity contribution in [3.05, 3.63) is 0 Å². The van der Waals surface area contributed by atoms with Gasteiger partial charge in [-0.15, -0.1) is 0 Å². The molecule has 0 aromatic carbocycles. The smallest absolute Gasteiger partial charge is 0.0635 e. The van der Waals surface area contributed by atoms with Crippen molar-refractivity contribution in [3.63, 3.8) is 0 Å². The monoisotopic (exact) mass is 266 g/mol. The Morgan fingerprint density at radius 2 is 1.83 bits per heavy atom. The van der Waals surface area contributed by atoms with E-state index in [9.17, 15) is 0 Å². The van der Waals surface area contributed by atoms with Crippen LogP contribution in [0.1, 0.15) is 57.8 Å². The fraction of sp³-hybridized carbons (Fsp3) is 0.933. The van der Waals surface area contributed by atoms with Crippen LogP contribution in [0, 0.1) is 16.7 Å². The molecule has 102 valence electrons. The summed E-state index contributed by atoms with van der Waals surface area (Å²) in [5.74, 6) is 1.02. The molecule has 2 aliphatic carbocycles. The second kappa shape index (κ2) is 6.82. The molecule has 2 rings (SSSR count). The lowest BCUT2D eigenvalue weighted by molar-refractivity contribution is 0.146. The van der Waals surface area contributed by atoms with Crippen LogP contribution in [0.25, 0.3) is 0 Å². The molecule has 0 amide bonds. The molecule has 2 fully saturated rings. The first-order valence-corrected chi connectivity index (χ1v) is 8.15. The third-order valence-corrected chi connectivity index (χ3v) is 5.28. The Morgan fingerprint density at radius 1 is 1.17 bits per heavy atom. The number of hydrogen-bond donors (Lipinski definition) is 1. The summed E-state index contributed by atoms with van der Waals surface area (Å²) in [5.41, 5.74) is 0.428. The number of rotatable bonds is 6. The van der Waals surface area contributed by atoms with E-state index in [1.54, 1.807) is 0 Å². The highest BCUT2D eigenvalue weighted by molar-refractivity contribution is 7.80. The third-order valence-electron chi connectivity index (χ3n) is 4.61. The fourth-order valence-electron chi connectivity index (χ4n) is 3.30. The molecule has 0 spiro atoms. The number of nitrogens with zero attached hydrogens (tertiary/aromatic N) is 2. The van der Waals surface area contributed by atoms with Crippen molar-refractivity contribution < 1.29 is 0 Å². The maximum absolute atomic E-state index is 8.80. The van der Waals surface area contributed by atoms with E-state index in [4.69, 9.17) is 5.26 Å². The molecule has 0 saturated heterocycles. The van der Waals surface area contributed by atoms with Gasteiger partial charge in [-0.3, -0.25) is 4.90 Å². The first kappa shape index (κ1) is 14.2. The molecule has 2 nitrogen and oxygen atoms in total. The summed E-state index contributed by atoms with van der Waals surface area (Å²) < 4.78 is 0. The summed E-state index contributed by atoms with van der Waals surface area (Å²) in [7, 11) is 0. The Bertz CT molecular complexity index is 285. The first-order chi connectivity index (χ1) is 8.79. The van der Waals surface area contributed by atoms with Gasteiger partial charge >= 0.3 is 0 Å². The van der Waals surface area contributed by atoms with Gasteiger partial charge in [0.05, 0.1) is 6.07 Å². The molecule has 0 heterocycles. The molecule has 2 aliphatic rings. The molecular weight excluding hydrogens is 240 g/mol. The third kappa shape index (κ3) is 3.90. The van der Waals surface area contributed by atoms with Crippen molar-refractivity contribution in [1.82, 2.24) is 4.90 Å². The van der Waals surface area contributed by atoms with Crippen LogP contribution >= 0.6 is 12.6 Å². The molecule has 3 heteroatoms. The zero-order valence-corrected chi connectivity index (χ0v) is 12.3. The quantitative estimate of drug-likeness (QED) is 0.587. The Labute approximate surface area is 117 Å². The molecule has 2 saturated carbocycles. The topological polar surface area (TPSA) is 27.0 Å². The Morgan fingerprint density at radius 3 is 2.33 bits per heavy atom. The van der Waals surface area contributed by atoms with E-state index >= 15 is 0 Å². The largest absolute Gasteiger partial charge is 0.299 e. The van der Waals surface area contributed by atoms with Gasteiger partial charge in [0, 0.05) is 25.6 Å². The van der Waals surface area contributed by atoms with Gasteiger partial charge in [-0.2, -0.15) is 17.9 Å². The molecular formula is C15H26N2S. The minimum absolute atomic E-state index is 0.428. The fourth-order valence-corrected chi connectivity index (χ4v) is 3.72. The SMILES string of the molecule is N#CCCN(CC1(CS)CCCCCC1)C1CC1. The van der Waals surface area contributed by atoms with Crippen LogP contribution in [0.3, 0.4) is 0 Å². The highest BCUT2D eigenvalue weighted by Crippen LogP contribution is 2.39. The molecule has 0 N–H and O–H groups in total. The average molecular weight is 266 g/mol. The predicted molar refractivity (Wildman–Crippen MR) is 78.8 cm³/mol. The van der Waals surface area contributed by atoms with Crippen molar-refractivity contribution >= 4 is 12.6 Å². The highest BCUT2D eigenvalue weighted by atomic mass is 32.1. The van der Waals surface area contributed by atoms with Gasteiger partial charge in [-0.05, 0) is 36.9 Å². The minimum atomic E-state index is 0.428. The summed E-state index contributed by atoms with van der Waals surface area (Å²) in [5, 5.41) is 8.80. The Kier molecular flexibility index (Phi) is 5.38. The zero-order chi connectivity index (χ0) is 12.8. The van der Waals surface area contributed by atoms with Gasteiger partial charge in [0.1, 0.15) is 0 Å². The lowest BCUT2D eigenvalue weighted by atomic mass is 9.81. The number of nitriles is 1. The van der Waals surface area contributed by atoms with E-state index in [2.05, 4.69) is 23.6 Å². The van der Waals surface area contributed by atoms with Crippen molar-refractivity contribution in [1.29, 1.82) is 5.26 Å². The van der Waals surface area contributed by atoms with Crippen molar-refractivity contribution in [2.75, 3.05) is 18.8 Å². The first-order valence-electron chi connectivity index (χ1n) is 7.51. The predicted octanol–water partition coefficient (Wildman–Crippen LogP) is 3.63. The van der Waals surface area contributed by atoms with Gasteiger partial charge in [0.25, 0.3) is 0 Å². The van der Waals surface area contributed by atoms with Crippen molar-refractivity contribution in [3.8, 4) is 6.07 Å².